The highest BCUT2D eigenvalue weighted by molar-refractivity contribution is 7.44. The molecule has 0 fully saturated rings. The number of benzene rings is 2. The van der Waals surface area contributed by atoms with Gasteiger partial charge in [0.1, 0.15) is 11.5 Å². The molecular weight excluding hydrogens is 311 g/mol. The Morgan fingerprint density at radius 2 is 1.23 bits per heavy atom. The minimum atomic E-state index is -1.78. The van der Waals surface area contributed by atoms with Crippen molar-refractivity contribution < 1.29 is 13.3 Å². The molecule has 0 amide bonds. The lowest BCUT2D eigenvalue weighted by molar-refractivity contribution is 0.386. The standard InChI is InChI=1S/C17H23O3PSi/c1-14-8-6-10-16(12-14)18-21(20-22(3,4)5)19-17-11-7-9-15(2)13-17/h6-13H,1-5H3. The quantitative estimate of drug-likeness (QED) is 0.490. The zero-order valence-electron chi connectivity index (χ0n) is 13.8. The SMILES string of the molecule is Cc1cccc(OP(Oc2cccc(C)c2)O[Si](C)(C)C)c1. The van der Waals surface area contributed by atoms with Gasteiger partial charge in [0, 0.05) is 0 Å². The van der Waals surface area contributed by atoms with Crippen LogP contribution in [0.15, 0.2) is 48.5 Å². The van der Waals surface area contributed by atoms with Crippen LogP contribution in [0.4, 0.5) is 0 Å². The molecule has 0 spiro atoms. The molecule has 0 unspecified atom stereocenters. The molecular formula is C17H23O3PSi. The first-order valence-electron chi connectivity index (χ1n) is 7.30. The maximum Gasteiger partial charge on any atom is 0.452 e. The summed E-state index contributed by atoms with van der Waals surface area (Å²) < 4.78 is 18.0. The molecule has 3 nitrogen and oxygen atoms in total. The van der Waals surface area contributed by atoms with Gasteiger partial charge in [-0.25, -0.2) is 0 Å². The lowest BCUT2D eigenvalue weighted by atomic mass is 10.2. The first-order chi connectivity index (χ1) is 10.3. The van der Waals surface area contributed by atoms with Crippen LogP contribution in [-0.4, -0.2) is 8.32 Å². The highest BCUT2D eigenvalue weighted by Gasteiger charge is 2.27. The van der Waals surface area contributed by atoms with Gasteiger partial charge < -0.3 is 13.3 Å². The Balaban J connectivity index is 2.15. The molecule has 0 aliphatic carbocycles. The summed E-state index contributed by atoms with van der Waals surface area (Å²) in [7, 11) is -3.24. The second kappa shape index (κ2) is 7.27. The van der Waals surface area contributed by atoms with Crippen molar-refractivity contribution in [3.63, 3.8) is 0 Å². The molecule has 0 N–H and O–H groups in total. The van der Waals surface area contributed by atoms with Crippen LogP contribution in [-0.2, 0) is 4.21 Å². The van der Waals surface area contributed by atoms with Gasteiger partial charge in [0.15, 0.2) is 8.32 Å². The van der Waals surface area contributed by atoms with Crippen LogP contribution >= 0.6 is 8.60 Å². The average molecular weight is 334 g/mol. The van der Waals surface area contributed by atoms with Gasteiger partial charge in [0.2, 0.25) is 0 Å². The van der Waals surface area contributed by atoms with Gasteiger partial charge >= 0.3 is 8.60 Å². The lowest BCUT2D eigenvalue weighted by Gasteiger charge is -2.24. The summed E-state index contributed by atoms with van der Waals surface area (Å²) >= 11 is 0. The predicted octanol–water partition coefficient (Wildman–Crippen LogP) is 5.84. The van der Waals surface area contributed by atoms with Crippen LogP contribution in [0.2, 0.25) is 19.6 Å². The Hall–Kier alpha value is -1.35. The third-order valence-corrected chi connectivity index (χ3v) is 6.19. The fraction of sp³-hybridized carbons (Fsp3) is 0.294. The lowest BCUT2D eigenvalue weighted by Crippen LogP contribution is -2.24. The molecule has 2 aromatic rings. The zero-order chi connectivity index (χ0) is 16.2. The normalized spacial score (nSPS) is 11.5. The number of aryl methyl sites for hydroxylation is 2. The largest absolute Gasteiger partial charge is 0.452 e. The van der Waals surface area contributed by atoms with E-state index in [1.807, 2.05) is 62.4 Å². The van der Waals surface area contributed by atoms with E-state index in [0.717, 1.165) is 22.6 Å². The monoisotopic (exact) mass is 334 g/mol. The molecule has 0 aromatic heterocycles. The Morgan fingerprint density at radius 3 is 1.59 bits per heavy atom. The maximum absolute atomic E-state index is 6.08. The molecule has 0 heterocycles. The average Bonchev–Trinajstić information content (AvgIpc) is 2.36. The van der Waals surface area contributed by atoms with Crippen molar-refractivity contribution in [3.8, 4) is 11.5 Å². The first-order valence-corrected chi connectivity index (χ1v) is 11.8. The summed E-state index contributed by atoms with van der Waals surface area (Å²) in [5.74, 6) is 1.55. The Morgan fingerprint density at radius 1 is 0.773 bits per heavy atom. The summed E-state index contributed by atoms with van der Waals surface area (Å²) in [6.45, 7) is 10.5. The highest BCUT2D eigenvalue weighted by atomic mass is 31.2. The third kappa shape index (κ3) is 5.80. The van der Waals surface area contributed by atoms with E-state index in [-0.39, 0.29) is 0 Å². The van der Waals surface area contributed by atoms with E-state index < -0.39 is 16.9 Å². The molecule has 0 saturated carbocycles. The van der Waals surface area contributed by atoms with Gasteiger partial charge in [0.25, 0.3) is 0 Å². The Kier molecular flexibility index (Phi) is 5.62. The Labute approximate surface area is 135 Å². The van der Waals surface area contributed by atoms with Gasteiger partial charge in [0.05, 0.1) is 0 Å². The predicted molar refractivity (Wildman–Crippen MR) is 95.0 cm³/mol. The summed E-state index contributed by atoms with van der Waals surface area (Å²) in [4.78, 5) is 0. The van der Waals surface area contributed by atoms with Crippen molar-refractivity contribution >= 4 is 16.9 Å². The van der Waals surface area contributed by atoms with Gasteiger partial charge in [-0.15, -0.1) is 0 Å². The summed E-state index contributed by atoms with van der Waals surface area (Å²) in [5.41, 5.74) is 2.30. The van der Waals surface area contributed by atoms with Crippen LogP contribution < -0.4 is 9.05 Å². The van der Waals surface area contributed by atoms with Gasteiger partial charge in [-0.2, -0.15) is 0 Å². The minimum Gasteiger partial charge on any atom is -0.418 e. The number of hydrogen-bond donors (Lipinski definition) is 0. The maximum atomic E-state index is 6.08. The summed E-state index contributed by atoms with van der Waals surface area (Å²) in [5, 5.41) is 0. The molecule has 22 heavy (non-hydrogen) atoms. The van der Waals surface area contributed by atoms with Crippen LogP contribution in [0.1, 0.15) is 11.1 Å². The van der Waals surface area contributed by atoms with Crippen molar-refractivity contribution in [2.45, 2.75) is 33.5 Å². The highest BCUT2D eigenvalue weighted by Crippen LogP contribution is 2.44. The van der Waals surface area contributed by atoms with Crippen molar-refractivity contribution in [1.82, 2.24) is 0 Å². The van der Waals surface area contributed by atoms with Crippen LogP contribution in [0.3, 0.4) is 0 Å². The fourth-order valence-corrected chi connectivity index (χ4v) is 4.49. The fourth-order valence-electron chi connectivity index (χ4n) is 1.80. The second-order valence-corrected chi connectivity index (χ2v) is 12.0. The van der Waals surface area contributed by atoms with E-state index in [1.54, 1.807) is 0 Å². The van der Waals surface area contributed by atoms with E-state index >= 15 is 0 Å². The van der Waals surface area contributed by atoms with Gasteiger partial charge in [-0.3, -0.25) is 0 Å². The van der Waals surface area contributed by atoms with E-state index in [1.165, 1.54) is 0 Å². The molecule has 0 saturated heterocycles. The zero-order valence-corrected chi connectivity index (χ0v) is 15.7. The summed E-state index contributed by atoms with van der Waals surface area (Å²) in [6.07, 6.45) is 0. The van der Waals surface area contributed by atoms with Crippen molar-refractivity contribution in [1.29, 1.82) is 0 Å². The van der Waals surface area contributed by atoms with Crippen molar-refractivity contribution in [3.05, 3.63) is 59.7 Å². The molecule has 0 bridgehead atoms. The molecule has 2 aromatic carbocycles. The van der Waals surface area contributed by atoms with Crippen LogP contribution in [0, 0.1) is 13.8 Å². The van der Waals surface area contributed by atoms with Crippen molar-refractivity contribution in [2.75, 3.05) is 0 Å². The van der Waals surface area contributed by atoms with Crippen molar-refractivity contribution in [2.24, 2.45) is 0 Å². The molecule has 0 radical (unpaired) electrons. The molecule has 2 rings (SSSR count). The molecule has 5 heteroatoms. The summed E-state index contributed by atoms with van der Waals surface area (Å²) in [6, 6.07) is 15.8. The smallest absolute Gasteiger partial charge is 0.418 e. The topological polar surface area (TPSA) is 27.7 Å². The van der Waals surface area contributed by atoms with E-state index in [4.69, 9.17) is 13.3 Å². The molecule has 0 atom stereocenters. The Bertz CT molecular complexity index is 578. The van der Waals surface area contributed by atoms with E-state index in [9.17, 15) is 0 Å². The molecule has 0 aliphatic rings. The second-order valence-electron chi connectivity index (χ2n) is 6.24. The first kappa shape index (κ1) is 17.0. The van der Waals surface area contributed by atoms with E-state index in [2.05, 4.69) is 19.6 Å². The number of hydrogen-bond acceptors (Lipinski definition) is 3. The molecule has 118 valence electrons. The minimum absolute atomic E-state index is 0.775. The third-order valence-electron chi connectivity index (χ3n) is 2.69. The molecule has 0 aliphatic heterocycles. The van der Waals surface area contributed by atoms with Crippen LogP contribution in [0.25, 0.3) is 0 Å². The van der Waals surface area contributed by atoms with Gasteiger partial charge in [-0.1, -0.05) is 24.3 Å². The van der Waals surface area contributed by atoms with E-state index in [0.29, 0.717) is 0 Å². The number of rotatable bonds is 6. The van der Waals surface area contributed by atoms with Gasteiger partial charge in [-0.05, 0) is 68.9 Å². The van der Waals surface area contributed by atoms with Crippen LogP contribution in [0.5, 0.6) is 11.5 Å².